The summed E-state index contributed by atoms with van der Waals surface area (Å²) in [6.45, 7) is 0.858. The van der Waals surface area contributed by atoms with Crippen LogP contribution in [-0.4, -0.2) is 46.4 Å². The van der Waals surface area contributed by atoms with Crippen LogP contribution in [0, 0.1) is 0 Å². The summed E-state index contributed by atoms with van der Waals surface area (Å²) >= 11 is 12.2. The first-order valence-corrected chi connectivity index (χ1v) is 11.9. The smallest absolute Gasteiger partial charge is 0.265 e. The van der Waals surface area contributed by atoms with Gasteiger partial charge in [-0.3, -0.25) is 9.59 Å². The van der Waals surface area contributed by atoms with Crippen LogP contribution in [-0.2, 0) is 9.59 Å². The standard InChI is InChI=1S/C25H22Cl2N4O3/c26-17-4-1-3-16(13-17)25-28-10-8-19(29-25)20-5-2-11-30(20)23(32)9-12-31-21-14-18(27)6-7-22(21)34-15-24(31)33/h1,3-4,6-8,10,13-14,20H,2,5,9,11-12,15H2. The van der Waals surface area contributed by atoms with Crippen molar-refractivity contribution >= 4 is 40.7 Å². The summed E-state index contributed by atoms with van der Waals surface area (Å²) in [5.74, 6) is 0.951. The molecular weight excluding hydrogens is 475 g/mol. The second-order valence-electron chi connectivity index (χ2n) is 8.26. The van der Waals surface area contributed by atoms with Gasteiger partial charge in [0.05, 0.1) is 17.4 Å². The van der Waals surface area contributed by atoms with Crippen LogP contribution in [0.1, 0.15) is 31.0 Å². The summed E-state index contributed by atoms with van der Waals surface area (Å²) in [7, 11) is 0. The number of benzene rings is 2. The molecule has 1 saturated heterocycles. The van der Waals surface area contributed by atoms with E-state index in [4.69, 9.17) is 32.9 Å². The first-order chi connectivity index (χ1) is 16.5. The average Bonchev–Trinajstić information content (AvgIpc) is 3.34. The molecule has 5 rings (SSSR count). The topological polar surface area (TPSA) is 75.6 Å². The van der Waals surface area contributed by atoms with Crippen LogP contribution in [0.15, 0.2) is 54.7 Å². The number of carbonyl (C=O) groups excluding carboxylic acids is 2. The van der Waals surface area contributed by atoms with E-state index in [-0.39, 0.29) is 37.4 Å². The number of rotatable bonds is 5. The van der Waals surface area contributed by atoms with Crippen LogP contribution in [0.4, 0.5) is 5.69 Å². The van der Waals surface area contributed by atoms with E-state index in [1.165, 1.54) is 0 Å². The minimum atomic E-state index is -0.192. The maximum atomic E-state index is 13.2. The van der Waals surface area contributed by atoms with Gasteiger partial charge in [-0.25, -0.2) is 9.97 Å². The number of hydrogen-bond acceptors (Lipinski definition) is 5. The number of carbonyl (C=O) groups is 2. The van der Waals surface area contributed by atoms with Gasteiger partial charge in [0.2, 0.25) is 5.91 Å². The number of halogens is 2. The number of amides is 2. The molecule has 9 heteroatoms. The zero-order valence-corrected chi connectivity index (χ0v) is 19.8. The van der Waals surface area contributed by atoms with Crippen LogP contribution in [0.5, 0.6) is 5.75 Å². The molecular formula is C25H22Cl2N4O3. The monoisotopic (exact) mass is 496 g/mol. The van der Waals surface area contributed by atoms with Gasteiger partial charge in [-0.05, 0) is 49.2 Å². The van der Waals surface area contributed by atoms with Crippen molar-refractivity contribution in [2.45, 2.75) is 25.3 Å². The van der Waals surface area contributed by atoms with Gasteiger partial charge in [0, 0.05) is 41.3 Å². The quantitative estimate of drug-likeness (QED) is 0.500. The van der Waals surface area contributed by atoms with Gasteiger partial charge in [-0.15, -0.1) is 0 Å². The van der Waals surface area contributed by atoms with Gasteiger partial charge in [-0.2, -0.15) is 0 Å². The molecule has 7 nitrogen and oxygen atoms in total. The predicted molar refractivity (Wildman–Crippen MR) is 130 cm³/mol. The number of nitrogens with zero attached hydrogens (tertiary/aromatic N) is 4. The van der Waals surface area contributed by atoms with Crippen molar-refractivity contribution in [3.63, 3.8) is 0 Å². The molecule has 174 valence electrons. The molecule has 1 unspecified atom stereocenters. The molecule has 3 aromatic rings. The Morgan fingerprint density at radius 2 is 1.97 bits per heavy atom. The molecule has 2 amide bonds. The highest BCUT2D eigenvalue weighted by atomic mass is 35.5. The average molecular weight is 497 g/mol. The Bertz CT molecular complexity index is 1250. The SMILES string of the molecule is O=C1COc2ccc(Cl)cc2N1CCC(=O)N1CCCC1c1ccnc(-c2cccc(Cl)c2)n1. The van der Waals surface area contributed by atoms with E-state index < -0.39 is 0 Å². The van der Waals surface area contributed by atoms with Gasteiger partial charge in [0.15, 0.2) is 12.4 Å². The molecule has 34 heavy (non-hydrogen) atoms. The van der Waals surface area contributed by atoms with Crippen LogP contribution >= 0.6 is 23.2 Å². The van der Waals surface area contributed by atoms with Crippen molar-refractivity contribution < 1.29 is 14.3 Å². The van der Waals surface area contributed by atoms with E-state index in [9.17, 15) is 9.59 Å². The molecule has 0 radical (unpaired) electrons. The van der Waals surface area contributed by atoms with Crippen molar-refractivity contribution in [3.05, 3.63) is 70.5 Å². The molecule has 1 aromatic heterocycles. The lowest BCUT2D eigenvalue weighted by molar-refractivity contribution is -0.132. The van der Waals surface area contributed by atoms with Crippen molar-refractivity contribution in [2.24, 2.45) is 0 Å². The third kappa shape index (κ3) is 4.58. The Morgan fingerprint density at radius 1 is 1.12 bits per heavy atom. The zero-order valence-electron chi connectivity index (χ0n) is 18.3. The van der Waals surface area contributed by atoms with Crippen LogP contribution in [0.2, 0.25) is 10.0 Å². The summed E-state index contributed by atoms with van der Waals surface area (Å²) in [4.78, 5) is 38.3. The first-order valence-electron chi connectivity index (χ1n) is 11.1. The highest BCUT2D eigenvalue weighted by Gasteiger charge is 2.32. The molecule has 1 fully saturated rings. The van der Waals surface area contributed by atoms with E-state index in [2.05, 4.69) is 4.98 Å². The second kappa shape index (κ2) is 9.60. The summed E-state index contributed by atoms with van der Waals surface area (Å²) in [5, 5.41) is 1.12. The van der Waals surface area contributed by atoms with Gasteiger partial charge >= 0.3 is 0 Å². The largest absolute Gasteiger partial charge is 0.482 e. The molecule has 1 atom stereocenters. The molecule has 2 aromatic carbocycles. The fourth-order valence-electron chi connectivity index (χ4n) is 4.47. The maximum Gasteiger partial charge on any atom is 0.265 e. The van der Waals surface area contributed by atoms with Crippen LogP contribution in [0.25, 0.3) is 11.4 Å². The zero-order chi connectivity index (χ0) is 23.7. The van der Waals surface area contributed by atoms with E-state index in [0.717, 1.165) is 24.1 Å². The van der Waals surface area contributed by atoms with E-state index in [0.29, 0.717) is 33.9 Å². The molecule has 0 spiro atoms. The summed E-state index contributed by atoms with van der Waals surface area (Å²) in [6.07, 6.45) is 3.63. The molecule has 2 aliphatic rings. The van der Waals surface area contributed by atoms with Crippen molar-refractivity contribution in [1.29, 1.82) is 0 Å². The lowest BCUT2D eigenvalue weighted by Crippen LogP contribution is -2.41. The Morgan fingerprint density at radius 3 is 2.82 bits per heavy atom. The van der Waals surface area contributed by atoms with Crippen molar-refractivity contribution in [2.75, 3.05) is 24.6 Å². The summed E-state index contributed by atoms with van der Waals surface area (Å²) in [6, 6.07) is 14.3. The number of hydrogen-bond donors (Lipinski definition) is 0. The summed E-state index contributed by atoms with van der Waals surface area (Å²) in [5.41, 5.74) is 2.22. The fraction of sp³-hybridized carbons (Fsp3) is 0.280. The lowest BCUT2D eigenvalue weighted by Gasteiger charge is -2.30. The molecule has 3 heterocycles. The molecule has 0 bridgehead atoms. The van der Waals surface area contributed by atoms with E-state index >= 15 is 0 Å². The van der Waals surface area contributed by atoms with Crippen LogP contribution in [0.3, 0.4) is 0 Å². The second-order valence-corrected chi connectivity index (χ2v) is 9.13. The first kappa shape index (κ1) is 22.6. The normalized spacial score (nSPS) is 17.5. The number of fused-ring (bicyclic) bond motifs is 1. The predicted octanol–water partition coefficient (Wildman–Crippen LogP) is 4.93. The van der Waals surface area contributed by atoms with Gasteiger partial charge in [0.1, 0.15) is 5.75 Å². The number of aromatic nitrogens is 2. The van der Waals surface area contributed by atoms with Crippen molar-refractivity contribution in [3.8, 4) is 17.1 Å². The van der Waals surface area contributed by atoms with E-state index in [1.807, 2.05) is 29.2 Å². The van der Waals surface area contributed by atoms with Gasteiger partial charge < -0.3 is 14.5 Å². The van der Waals surface area contributed by atoms with Crippen molar-refractivity contribution in [1.82, 2.24) is 14.9 Å². The third-order valence-electron chi connectivity index (χ3n) is 6.09. The van der Waals surface area contributed by atoms with Crippen LogP contribution < -0.4 is 9.64 Å². The van der Waals surface area contributed by atoms with Gasteiger partial charge in [0.25, 0.3) is 5.91 Å². The molecule has 0 aliphatic carbocycles. The Hall–Kier alpha value is -3.16. The Balaban J connectivity index is 1.31. The highest BCUT2D eigenvalue weighted by molar-refractivity contribution is 6.31. The highest BCUT2D eigenvalue weighted by Crippen LogP contribution is 2.35. The van der Waals surface area contributed by atoms with E-state index in [1.54, 1.807) is 35.4 Å². The number of anilines is 1. The lowest BCUT2D eigenvalue weighted by atomic mass is 10.1. The van der Waals surface area contributed by atoms with Gasteiger partial charge in [-0.1, -0.05) is 35.3 Å². The molecule has 0 N–H and O–H groups in total. The Kier molecular flexibility index (Phi) is 6.39. The minimum absolute atomic E-state index is 0.0201. The molecule has 2 aliphatic heterocycles. The number of ether oxygens (including phenoxy) is 1. The minimum Gasteiger partial charge on any atom is -0.482 e. The summed E-state index contributed by atoms with van der Waals surface area (Å²) < 4.78 is 5.49. The number of likely N-dealkylation sites (tertiary alicyclic amines) is 1. The molecule has 0 saturated carbocycles. The Labute approximate surface area is 207 Å². The third-order valence-corrected chi connectivity index (χ3v) is 6.56. The fourth-order valence-corrected chi connectivity index (χ4v) is 4.83. The maximum absolute atomic E-state index is 13.2.